The lowest BCUT2D eigenvalue weighted by atomic mass is 10.2. The van der Waals surface area contributed by atoms with Crippen LogP contribution in [0.2, 0.25) is 5.02 Å². The predicted octanol–water partition coefficient (Wildman–Crippen LogP) is 2.29. The third-order valence-corrected chi connectivity index (χ3v) is 7.66. The van der Waals surface area contributed by atoms with Crippen LogP contribution in [0.15, 0.2) is 53.4 Å². The maximum absolute atomic E-state index is 13.2. The first-order valence-corrected chi connectivity index (χ1v) is 12.2. The lowest BCUT2D eigenvalue weighted by molar-refractivity contribution is -0.124. The number of piperazine rings is 1. The summed E-state index contributed by atoms with van der Waals surface area (Å²) in [5.41, 5.74) is 0.960. The average Bonchev–Trinajstić information content (AvgIpc) is 3.62. The minimum Gasteiger partial charge on any atom is -0.452 e. The van der Waals surface area contributed by atoms with Crippen LogP contribution in [0.3, 0.4) is 0 Å². The Morgan fingerprint density at radius 3 is 2.38 bits per heavy atom. The second-order valence-electron chi connectivity index (χ2n) is 7.79. The summed E-state index contributed by atoms with van der Waals surface area (Å²) in [6.45, 7) is 1.32. The molecule has 32 heavy (non-hydrogen) atoms. The molecule has 0 atom stereocenters. The maximum Gasteiger partial charge on any atom is 0.340 e. The number of anilines is 1. The molecule has 1 amide bonds. The third kappa shape index (κ3) is 5.23. The van der Waals surface area contributed by atoms with E-state index >= 15 is 0 Å². The summed E-state index contributed by atoms with van der Waals surface area (Å²) < 4.78 is 32.7. The maximum atomic E-state index is 13.2. The molecule has 10 heteroatoms. The average molecular weight is 478 g/mol. The number of sulfonamides is 1. The fourth-order valence-electron chi connectivity index (χ4n) is 3.50. The van der Waals surface area contributed by atoms with Crippen LogP contribution < -0.4 is 10.2 Å². The van der Waals surface area contributed by atoms with Gasteiger partial charge in [0.1, 0.15) is 0 Å². The van der Waals surface area contributed by atoms with Gasteiger partial charge in [0, 0.05) is 37.9 Å². The van der Waals surface area contributed by atoms with E-state index in [1.165, 1.54) is 22.5 Å². The smallest absolute Gasteiger partial charge is 0.340 e. The highest BCUT2D eigenvalue weighted by molar-refractivity contribution is 7.89. The molecule has 0 aromatic heterocycles. The standard InChI is InChI=1S/C22H24ClN3O5S/c23-20-9-8-18(14-19(20)22(28)31-15-21(27)24-16-6-7-16)32(29,30)26-12-10-25(11-13-26)17-4-2-1-3-5-17/h1-5,8-9,14,16H,6-7,10-13,15H2,(H,24,27). The largest absolute Gasteiger partial charge is 0.452 e. The van der Waals surface area contributed by atoms with Gasteiger partial charge in [-0.25, -0.2) is 13.2 Å². The number of hydrogen-bond acceptors (Lipinski definition) is 6. The van der Waals surface area contributed by atoms with Gasteiger partial charge in [0.25, 0.3) is 5.91 Å². The highest BCUT2D eigenvalue weighted by Gasteiger charge is 2.30. The number of rotatable bonds is 7. The second-order valence-corrected chi connectivity index (χ2v) is 10.1. The number of benzene rings is 2. The number of nitrogens with one attached hydrogen (secondary N) is 1. The molecular weight excluding hydrogens is 454 g/mol. The fourth-order valence-corrected chi connectivity index (χ4v) is 5.15. The molecule has 0 spiro atoms. The Balaban J connectivity index is 1.42. The number of para-hydroxylation sites is 1. The first kappa shape index (κ1) is 22.6. The summed E-state index contributed by atoms with van der Waals surface area (Å²) in [6.07, 6.45) is 1.84. The highest BCUT2D eigenvalue weighted by Crippen LogP contribution is 2.25. The summed E-state index contributed by atoms with van der Waals surface area (Å²) in [7, 11) is -3.82. The molecule has 1 heterocycles. The van der Waals surface area contributed by atoms with E-state index in [2.05, 4.69) is 10.2 Å². The number of halogens is 1. The van der Waals surface area contributed by atoms with Crippen molar-refractivity contribution in [3.63, 3.8) is 0 Å². The molecule has 8 nitrogen and oxygen atoms in total. The molecule has 1 aliphatic heterocycles. The Labute approximate surface area is 192 Å². The summed E-state index contributed by atoms with van der Waals surface area (Å²) in [6, 6.07) is 13.9. The third-order valence-electron chi connectivity index (χ3n) is 5.43. The van der Waals surface area contributed by atoms with Gasteiger partial charge in [-0.2, -0.15) is 4.31 Å². The zero-order chi connectivity index (χ0) is 22.7. The number of nitrogens with zero attached hydrogens (tertiary/aromatic N) is 2. The lowest BCUT2D eigenvalue weighted by Crippen LogP contribution is -2.48. The number of esters is 1. The van der Waals surface area contributed by atoms with Crippen LogP contribution in [-0.4, -0.2) is 63.4 Å². The van der Waals surface area contributed by atoms with Crippen LogP contribution in [0.25, 0.3) is 0 Å². The molecule has 170 valence electrons. The van der Waals surface area contributed by atoms with E-state index in [1.54, 1.807) is 0 Å². The number of amides is 1. The number of carbonyl (C=O) groups is 2. The topological polar surface area (TPSA) is 96.0 Å². The quantitative estimate of drug-likeness (QED) is 0.615. The zero-order valence-corrected chi connectivity index (χ0v) is 18.9. The summed E-state index contributed by atoms with van der Waals surface area (Å²) in [4.78, 5) is 26.3. The van der Waals surface area contributed by atoms with Crippen molar-refractivity contribution in [2.24, 2.45) is 0 Å². The second kappa shape index (κ2) is 9.48. The minimum atomic E-state index is -3.82. The van der Waals surface area contributed by atoms with Gasteiger partial charge in [0.15, 0.2) is 6.61 Å². The van der Waals surface area contributed by atoms with Crippen molar-refractivity contribution in [2.75, 3.05) is 37.7 Å². The Hall–Kier alpha value is -2.62. The van der Waals surface area contributed by atoms with Crippen molar-refractivity contribution in [3.8, 4) is 0 Å². The van der Waals surface area contributed by atoms with Crippen molar-refractivity contribution in [1.82, 2.24) is 9.62 Å². The van der Waals surface area contributed by atoms with Crippen molar-refractivity contribution < 1.29 is 22.7 Å². The van der Waals surface area contributed by atoms with Gasteiger partial charge < -0.3 is 15.0 Å². The monoisotopic (exact) mass is 477 g/mol. The van der Waals surface area contributed by atoms with Crippen LogP contribution >= 0.6 is 11.6 Å². The Kier molecular flexibility index (Phi) is 6.68. The van der Waals surface area contributed by atoms with Crippen LogP contribution in [-0.2, 0) is 19.6 Å². The zero-order valence-electron chi connectivity index (χ0n) is 17.4. The molecule has 2 aromatic rings. The molecule has 1 saturated heterocycles. The van der Waals surface area contributed by atoms with Crippen molar-refractivity contribution in [2.45, 2.75) is 23.8 Å². The van der Waals surface area contributed by atoms with E-state index in [4.69, 9.17) is 16.3 Å². The van der Waals surface area contributed by atoms with Gasteiger partial charge >= 0.3 is 5.97 Å². The predicted molar refractivity (Wildman–Crippen MR) is 120 cm³/mol. The Morgan fingerprint density at radius 1 is 1.03 bits per heavy atom. The van der Waals surface area contributed by atoms with E-state index in [9.17, 15) is 18.0 Å². The minimum absolute atomic E-state index is 0.0376. The van der Waals surface area contributed by atoms with Crippen LogP contribution in [0.4, 0.5) is 5.69 Å². The molecule has 1 aliphatic carbocycles. The van der Waals surface area contributed by atoms with Gasteiger partial charge in [-0.05, 0) is 43.2 Å². The van der Waals surface area contributed by atoms with Crippen LogP contribution in [0.5, 0.6) is 0 Å². The van der Waals surface area contributed by atoms with Crippen LogP contribution in [0.1, 0.15) is 23.2 Å². The number of carbonyl (C=O) groups excluding carboxylic acids is 2. The van der Waals surface area contributed by atoms with Crippen molar-refractivity contribution >= 4 is 39.2 Å². The molecule has 0 radical (unpaired) electrons. The van der Waals surface area contributed by atoms with Crippen LogP contribution in [0, 0.1) is 0 Å². The van der Waals surface area contributed by atoms with E-state index in [0.29, 0.717) is 26.2 Å². The van der Waals surface area contributed by atoms with Gasteiger partial charge in [-0.15, -0.1) is 0 Å². The molecular formula is C22H24ClN3O5S. The summed E-state index contributed by atoms with van der Waals surface area (Å²) in [5.74, 6) is -1.23. The normalized spacial score (nSPS) is 17.1. The molecule has 0 unspecified atom stereocenters. The first-order valence-electron chi connectivity index (χ1n) is 10.4. The van der Waals surface area contributed by atoms with E-state index in [1.807, 2.05) is 30.3 Å². The van der Waals surface area contributed by atoms with Crippen molar-refractivity contribution in [1.29, 1.82) is 0 Å². The SMILES string of the molecule is O=C(COC(=O)c1cc(S(=O)(=O)N2CCN(c3ccccc3)CC2)ccc1Cl)NC1CC1. The van der Waals surface area contributed by atoms with Gasteiger partial charge in [-0.3, -0.25) is 4.79 Å². The van der Waals surface area contributed by atoms with E-state index in [-0.39, 0.29) is 21.5 Å². The summed E-state index contributed by atoms with van der Waals surface area (Å²) in [5, 5.41) is 2.77. The number of ether oxygens (including phenoxy) is 1. The van der Waals surface area contributed by atoms with Gasteiger partial charge in [-0.1, -0.05) is 29.8 Å². The highest BCUT2D eigenvalue weighted by atomic mass is 35.5. The molecule has 4 rings (SSSR count). The Morgan fingerprint density at radius 2 is 1.72 bits per heavy atom. The Bertz CT molecular complexity index is 1100. The molecule has 2 fully saturated rings. The van der Waals surface area contributed by atoms with Gasteiger partial charge in [0.05, 0.1) is 15.5 Å². The number of hydrogen-bond donors (Lipinski definition) is 1. The van der Waals surface area contributed by atoms with Gasteiger partial charge in [0.2, 0.25) is 10.0 Å². The lowest BCUT2D eigenvalue weighted by Gasteiger charge is -2.35. The fraction of sp³-hybridized carbons (Fsp3) is 0.364. The van der Waals surface area contributed by atoms with Crippen molar-refractivity contribution in [3.05, 3.63) is 59.1 Å². The van der Waals surface area contributed by atoms with E-state index in [0.717, 1.165) is 18.5 Å². The van der Waals surface area contributed by atoms with E-state index < -0.39 is 28.5 Å². The molecule has 2 aliphatic rings. The molecule has 2 aromatic carbocycles. The first-order chi connectivity index (χ1) is 15.3. The summed E-state index contributed by atoms with van der Waals surface area (Å²) >= 11 is 6.11. The molecule has 1 saturated carbocycles. The molecule has 0 bridgehead atoms. The molecule has 1 N–H and O–H groups in total.